The van der Waals surface area contributed by atoms with Crippen LogP contribution in [0.25, 0.3) is 0 Å². The summed E-state index contributed by atoms with van der Waals surface area (Å²) in [5.74, 6) is 0.577. The highest BCUT2D eigenvalue weighted by Crippen LogP contribution is 2.30. The number of morpholine rings is 1. The molecule has 6 nitrogen and oxygen atoms in total. The Balaban J connectivity index is 1.44. The number of hydrogen-bond donors (Lipinski definition) is 2. The number of nitrogens with one attached hydrogen (secondary N) is 2. The summed E-state index contributed by atoms with van der Waals surface area (Å²) in [4.78, 5) is 1.24. The van der Waals surface area contributed by atoms with E-state index >= 15 is 0 Å². The molecule has 0 radical (unpaired) electrons. The van der Waals surface area contributed by atoms with Gasteiger partial charge in [-0.05, 0) is 96.4 Å². The van der Waals surface area contributed by atoms with Crippen molar-refractivity contribution in [3.05, 3.63) is 24.3 Å². The summed E-state index contributed by atoms with van der Waals surface area (Å²) in [7, 11) is -3.27. The lowest BCUT2D eigenvalue weighted by atomic mass is 9.86. The highest BCUT2D eigenvalue weighted by atomic mass is 32.2. The average Bonchev–Trinajstić information content (AvgIpc) is 2.66. The quantitative estimate of drug-likeness (QED) is 0.573. The minimum absolute atomic E-state index is 0.0681. The normalized spacial score (nSPS) is 28.4. The van der Waals surface area contributed by atoms with Crippen LogP contribution in [0.5, 0.6) is 0 Å². The SMILES string of the molecule is C[C@@H]1CN(Sc2cccc(NCC3CCC(NS(=O)(=O)C(C)(C)C)CC3)c2)C[C@H](C)O1. The van der Waals surface area contributed by atoms with E-state index in [9.17, 15) is 8.42 Å². The van der Waals surface area contributed by atoms with E-state index in [4.69, 9.17) is 4.74 Å². The summed E-state index contributed by atoms with van der Waals surface area (Å²) in [6.07, 6.45) is 4.43. The fourth-order valence-corrected chi connectivity index (χ4v) is 6.37. The Hall–Kier alpha value is -0.800. The van der Waals surface area contributed by atoms with Gasteiger partial charge in [0.2, 0.25) is 10.0 Å². The van der Waals surface area contributed by atoms with Gasteiger partial charge in [0.25, 0.3) is 0 Å². The first-order valence-corrected chi connectivity index (χ1v) is 13.7. The molecule has 1 aliphatic heterocycles. The molecule has 2 aliphatic rings. The second-order valence-corrected chi connectivity index (χ2v) is 13.7. The van der Waals surface area contributed by atoms with Crippen molar-refractivity contribution < 1.29 is 13.2 Å². The van der Waals surface area contributed by atoms with Gasteiger partial charge in [-0.3, -0.25) is 0 Å². The monoisotopic (exact) mass is 469 g/mol. The molecule has 2 atom stereocenters. The highest BCUT2D eigenvalue weighted by Gasteiger charge is 2.32. The maximum atomic E-state index is 12.4. The summed E-state index contributed by atoms with van der Waals surface area (Å²) >= 11 is 1.80. The van der Waals surface area contributed by atoms with Gasteiger partial charge >= 0.3 is 0 Å². The molecule has 1 saturated carbocycles. The molecule has 0 bridgehead atoms. The van der Waals surface area contributed by atoms with Crippen LogP contribution in [-0.2, 0) is 14.8 Å². The molecule has 1 heterocycles. The Bertz CT molecular complexity index is 808. The molecule has 2 fully saturated rings. The second-order valence-electron chi connectivity index (χ2n) is 10.1. The predicted molar refractivity (Wildman–Crippen MR) is 130 cm³/mol. The van der Waals surface area contributed by atoms with Crippen molar-refractivity contribution in [3.8, 4) is 0 Å². The number of hydrogen-bond acceptors (Lipinski definition) is 6. The van der Waals surface area contributed by atoms with Crippen LogP contribution in [-0.4, -0.2) is 55.4 Å². The first-order chi connectivity index (χ1) is 14.5. The summed E-state index contributed by atoms with van der Waals surface area (Å²) in [5, 5.41) is 3.60. The van der Waals surface area contributed by atoms with Gasteiger partial charge < -0.3 is 10.1 Å². The van der Waals surface area contributed by atoms with Gasteiger partial charge in [-0.25, -0.2) is 17.4 Å². The van der Waals surface area contributed by atoms with E-state index in [0.717, 1.165) is 51.0 Å². The Kier molecular flexibility index (Phi) is 8.35. The van der Waals surface area contributed by atoms with Gasteiger partial charge in [-0.2, -0.15) is 0 Å². The molecule has 8 heteroatoms. The van der Waals surface area contributed by atoms with Crippen LogP contribution >= 0.6 is 11.9 Å². The van der Waals surface area contributed by atoms with Gasteiger partial charge in [0, 0.05) is 36.3 Å². The van der Waals surface area contributed by atoms with Crippen LogP contribution in [0.2, 0.25) is 0 Å². The van der Waals surface area contributed by atoms with Gasteiger partial charge in [-0.1, -0.05) is 6.07 Å². The first kappa shape index (κ1) is 24.8. The van der Waals surface area contributed by atoms with Crippen molar-refractivity contribution in [1.29, 1.82) is 0 Å². The van der Waals surface area contributed by atoms with Crippen molar-refractivity contribution in [3.63, 3.8) is 0 Å². The van der Waals surface area contributed by atoms with Crippen molar-refractivity contribution in [2.45, 2.75) is 88.2 Å². The van der Waals surface area contributed by atoms with Gasteiger partial charge in [-0.15, -0.1) is 0 Å². The molecule has 0 unspecified atom stereocenters. The van der Waals surface area contributed by atoms with Crippen molar-refractivity contribution >= 4 is 27.7 Å². The maximum absolute atomic E-state index is 12.4. The van der Waals surface area contributed by atoms with Crippen LogP contribution in [0.4, 0.5) is 5.69 Å². The lowest BCUT2D eigenvalue weighted by Gasteiger charge is -2.34. The third kappa shape index (κ3) is 7.35. The second kappa shape index (κ2) is 10.4. The Labute approximate surface area is 193 Å². The zero-order valence-corrected chi connectivity index (χ0v) is 21.2. The summed E-state index contributed by atoms with van der Waals surface area (Å²) < 4.78 is 35.1. The van der Waals surface area contributed by atoms with Crippen LogP contribution in [0, 0.1) is 5.92 Å². The number of nitrogens with zero attached hydrogens (tertiary/aromatic N) is 1. The van der Waals surface area contributed by atoms with Crippen LogP contribution in [0.3, 0.4) is 0 Å². The topological polar surface area (TPSA) is 70.7 Å². The maximum Gasteiger partial charge on any atom is 0.216 e. The molecule has 0 aromatic heterocycles. The molecular weight excluding hydrogens is 430 g/mol. The number of benzene rings is 1. The fourth-order valence-electron chi connectivity index (χ4n) is 4.16. The zero-order chi connectivity index (χ0) is 22.6. The molecule has 1 aliphatic carbocycles. The number of rotatable bonds is 7. The lowest BCUT2D eigenvalue weighted by molar-refractivity contribution is -0.0414. The molecule has 1 saturated heterocycles. The molecule has 0 spiro atoms. The molecule has 1 aromatic rings. The summed E-state index contributed by atoms with van der Waals surface area (Å²) in [6.45, 7) is 12.3. The predicted octanol–water partition coefficient (Wildman–Crippen LogP) is 4.49. The third-order valence-electron chi connectivity index (χ3n) is 6.02. The number of sulfonamides is 1. The smallest absolute Gasteiger partial charge is 0.216 e. The lowest BCUT2D eigenvalue weighted by Crippen LogP contribution is -2.46. The molecular formula is C23H39N3O3S2. The number of ether oxygens (including phenoxy) is 1. The Morgan fingerprint density at radius 3 is 2.35 bits per heavy atom. The van der Waals surface area contributed by atoms with E-state index in [0.29, 0.717) is 5.92 Å². The van der Waals surface area contributed by atoms with Crippen LogP contribution in [0.15, 0.2) is 29.2 Å². The average molecular weight is 470 g/mol. The van der Waals surface area contributed by atoms with Crippen LogP contribution < -0.4 is 10.0 Å². The third-order valence-corrected chi connectivity index (χ3v) is 9.30. The zero-order valence-electron chi connectivity index (χ0n) is 19.6. The van der Waals surface area contributed by atoms with Crippen LogP contribution in [0.1, 0.15) is 60.3 Å². The summed E-state index contributed by atoms with van der Waals surface area (Å²) in [6, 6.07) is 8.68. The standard InChI is InChI=1S/C23H39N3O3S2/c1-17-15-26(16-18(2)29-17)30-22-8-6-7-21(13-22)24-14-19-9-11-20(12-10-19)25-31(27,28)23(3,4)5/h6-8,13,17-20,24-25H,9-12,14-16H2,1-5H3/t17-,18+,19?,20?. The van der Waals surface area contributed by atoms with Gasteiger partial charge in [0.15, 0.2) is 0 Å². The van der Waals surface area contributed by atoms with E-state index < -0.39 is 14.8 Å². The van der Waals surface area contributed by atoms with Crippen molar-refractivity contribution in [2.24, 2.45) is 5.92 Å². The Morgan fingerprint density at radius 2 is 1.74 bits per heavy atom. The van der Waals surface area contributed by atoms with E-state index in [-0.39, 0.29) is 18.2 Å². The van der Waals surface area contributed by atoms with Gasteiger partial charge in [0.05, 0.1) is 17.0 Å². The minimum Gasteiger partial charge on any atom is -0.385 e. The Morgan fingerprint density at radius 1 is 1.10 bits per heavy atom. The highest BCUT2D eigenvalue weighted by molar-refractivity contribution is 7.97. The summed E-state index contributed by atoms with van der Waals surface area (Å²) in [5.41, 5.74) is 1.15. The van der Waals surface area contributed by atoms with Crippen molar-refractivity contribution in [1.82, 2.24) is 9.03 Å². The molecule has 2 N–H and O–H groups in total. The van der Waals surface area contributed by atoms with E-state index in [1.807, 2.05) is 0 Å². The molecule has 3 rings (SSSR count). The largest absolute Gasteiger partial charge is 0.385 e. The molecule has 0 amide bonds. The van der Waals surface area contributed by atoms with E-state index in [1.165, 1.54) is 4.90 Å². The van der Waals surface area contributed by atoms with E-state index in [1.54, 1.807) is 32.7 Å². The first-order valence-electron chi connectivity index (χ1n) is 11.5. The minimum atomic E-state index is -3.27. The van der Waals surface area contributed by atoms with Crippen molar-refractivity contribution in [2.75, 3.05) is 25.0 Å². The van der Waals surface area contributed by atoms with Gasteiger partial charge in [0.1, 0.15) is 0 Å². The van der Waals surface area contributed by atoms with E-state index in [2.05, 4.69) is 52.5 Å². The fraction of sp³-hybridized carbons (Fsp3) is 0.739. The number of anilines is 1. The molecule has 1 aromatic carbocycles. The molecule has 176 valence electrons. The molecule has 31 heavy (non-hydrogen) atoms.